The molecule has 11 aromatic rings. The number of nitrogens with zero attached hydrogens (tertiary/aromatic N) is 5. The van der Waals surface area contributed by atoms with Crippen molar-refractivity contribution in [1.29, 1.82) is 0 Å². The van der Waals surface area contributed by atoms with E-state index in [1.54, 1.807) is 0 Å². The Bertz CT molecular complexity index is 3300. The second-order valence-electron chi connectivity index (χ2n) is 17.0. The molecule has 0 saturated carbocycles. The first-order valence-electron chi connectivity index (χ1n) is 23.0. The first-order chi connectivity index (χ1) is 33.2. The minimum Gasteiger partial charge on any atom is -0.256 e. The van der Waals surface area contributed by atoms with Crippen molar-refractivity contribution in [2.75, 3.05) is 0 Å². The van der Waals surface area contributed by atoms with E-state index in [0.717, 1.165) is 98.4 Å². The number of fused-ring (bicyclic) bond motifs is 1. The second kappa shape index (κ2) is 18.9. The Morgan fingerprint density at radius 1 is 0.313 bits per heavy atom. The van der Waals surface area contributed by atoms with Gasteiger partial charge in [0, 0.05) is 51.8 Å². The van der Waals surface area contributed by atoms with Gasteiger partial charge in [0.15, 0.2) is 0 Å². The highest BCUT2D eigenvalue weighted by Crippen LogP contribution is 2.39. The molecule has 0 bridgehead atoms. The van der Waals surface area contributed by atoms with Gasteiger partial charge in [0.05, 0.1) is 34.0 Å². The summed E-state index contributed by atoms with van der Waals surface area (Å²) in [7, 11) is 0. The zero-order chi connectivity index (χ0) is 44.8. The Morgan fingerprint density at radius 3 is 1.34 bits per heavy atom. The maximum Gasteiger partial charge on any atom is 0.0934 e. The van der Waals surface area contributed by atoms with E-state index in [1.807, 2.05) is 55.0 Å². The van der Waals surface area contributed by atoms with Gasteiger partial charge in [-0.1, -0.05) is 152 Å². The van der Waals surface area contributed by atoms with E-state index in [0.29, 0.717) is 0 Å². The molecule has 4 aromatic heterocycles. The molecule has 11 rings (SSSR count). The van der Waals surface area contributed by atoms with E-state index in [1.165, 1.54) is 33.4 Å². The lowest BCUT2D eigenvalue weighted by atomic mass is 9.94. The third kappa shape index (κ3) is 9.09. The molecule has 0 saturated heterocycles. The Labute approximate surface area is 391 Å². The van der Waals surface area contributed by atoms with Crippen LogP contribution in [0.5, 0.6) is 0 Å². The van der Waals surface area contributed by atoms with E-state index in [2.05, 4.69) is 197 Å². The van der Waals surface area contributed by atoms with Gasteiger partial charge >= 0.3 is 0 Å². The lowest BCUT2D eigenvalue weighted by Gasteiger charge is -2.17. The average molecular weight is 862 g/mol. The number of rotatable bonds is 13. The molecule has 7 aromatic carbocycles. The summed E-state index contributed by atoms with van der Waals surface area (Å²) in [5.74, 6) is 0. The average Bonchev–Trinajstić information content (AvgIpc) is 3.80. The number of hydrogen-bond donors (Lipinski definition) is 0. The molecule has 0 N–H and O–H groups in total. The van der Waals surface area contributed by atoms with Gasteiger partial charge in [-0.3, -0.25) is 15.0 Å². The standard InChI is InChI=1S/C62H47N5/c1-2-12-48(13-3-1)49-31-33-50(34-32-49)56-43-53(59-17-8-11-39-65-59)35-36-61(56)67-62(55-14-4-5-18-60(55)66-67)54-41-46(21-19-44-23-27-51(28-24-44)57-15-6-9-37-63-57)40-47(42-54)22-20-45-25-29-52(30-26-45)58-16-7-10-38-64-58/h1-18,23-43H,19-22H2. The minimum absolute atomic E-state index is 0.895. The number of aromatic nitrogens is 5. The predicted molar refractivity (Wildman–Crippen MR) is 275 cm³/mol. The van der Waals surface area contributed by atoms with E-state index in [9.17, 15) is 0 Å². The van der Waals surface area contributed by atoms with Crippen molar-refractivity contribution in [3.05, 3.63) is 259 Å². The largest absolute Gasteiger partial charge is 0.256 e. The van der Waals surface area contributed by atoms with Crippen LogP contribution in [-0.2, 0) is 25.7 Å². The van der Waals surface area contributed by atoms with Crippen LogP contribution in [0, 0.1) is 0 Å². The molecule has 0 aliphatic rings. The Balaban J connectivity index is 1.00. The maximum atomic E-state index is 5.42. The van der Waals surface area contributed by atoms with E-state index < -0.39 is 0 Å². The molecule has 320 valence electrons. The van der Waals surface area contributed by atoms with Crippen LogP contribution in [-0.4, -0.2) is 24.7 Å². The van der Waals surface area contributed by atoms with Crippen molar-refractivity contribution < 1.29 is 0 Å². The summed E-state index contributed by atoms with van der Waals surface area (Å²) < 4.78 is 2.18. The van der Waals surface area contributed by atoms with Gasteiger partial charge in [-0.05, 0) is 131 Å². The van der Waals surface area contributed by atoms with Gasteiger partial charge in [-0.15, -0.1) is 0 Å². The van der Waals surface area contributed by atoms with Gasteiger partial charge in [-0.2, -0.15) is 5.10 Å². The second-order valence-corrected chi connectivity index (χ2v) is 17.0. The van der Waals surface area contributed by atoms with Crippen molar-refractivity contribution in [2.45, 2.75) is 25.7 Å². The lowest BCUT2D eigenvalue weighted by Crippen LogP contribution is -2.04. The van der Waals surface area contributed by atoms with E-state index >= 15 is 0 Å². The first kappa shape index (κ1) is 41.2. The summed E-state index contributed by atoms with van der Waals surface area (Å²) >= 11 is 0. The summed E-state index contributed by atoms with van der Waals surface area (Å²) in [5.41, 5.74) is 20.1. The summed E-state index contributed by atoms with van der Waals surface area (Å²) in [6.07, 6.45) is 9.17. The SMILES string of the molecule is c1ccc(-c2ccc(-c3cc(-c4ccccn4)ccc3-n3nc4ccccc4c3-c3cc(CCc4ccc(-c5ccccn5)cc4)cc(CCc4ccc(-c5ccccn5)cc4)c3)cc2)cc1. The Morgan fingerprint density at radius 2 is 0.776 bits per heavy atom. The van der Waals surface area contributed by atoms with Gasteiger partial charge in [0.1, 0.15) is 0 Å². The van der Waals surface area contributed by atoms with Crippen molar-refractivity contribution in [3.8, 4) is 73.0 Å². The van der Waals surface area contributed by atoms with Crippen LogP contribution in [0.4, 0.5) is 0 Å². The van der Waals surface area contributed by atoms with Crippen LogP contribution >= 0.6 is 0 Å². The molecular formula is C62H47N5. The van der Waals surface area contributed by atoms with Crippen molar-refractivity contribution in [2.24, 2.45) is 0 Å². The maximum absolute atomic E-state index is 5.42. The van der Waals surface area contributed by atoms with Gasteiger partial charge < -0.3 is 0 Å². The summed E-state index contributed by atoms with van der Waals surface area (Å²) in [4.78, 5) is 13.9. The molecule has 0 fully saturated rings. The van der Waals surface area contributed by atoms with Crippen LogP contribution < -0.4 is 0 Å². The topological polar surface area (TPSA) is 56.5 Å². The summed E-state index contributed by atoms with van der Waals surface area (Å²) in [5, 5.41) is 6.53. The zero-order valence-electron chi connectivity index (χ0n) is 37.1. The Kier molecular flexibility index (Phi) is 11.6. The molecule has 0 aliphatic carbocycles. The van der Waals surface area contributed by atoms with Crippen LogP contribution in [0.3, 0.4) is 0 Å². The predicted octanol–water partition coefficient (Wildman–Crippen LogP) is 14.8. The van der Waals surface area contributed by atoms with E-state index in [-0.39, 0.29) is 0 Å². The third-order valence-corrected chi connectivity index (χ3v) is 12.6. The molecular weight excluding hydrogens is 815 g/mol. The molecule has 0 unspecified atom stereocenters. The van der Waals surface area contributed by atoms with Crippen molar-refractivity contribution in [3.63, 3.8) is 0 Å². The highest BCUT2D eigenvalue weighted by Gasteiger charge is 2.20. The third-order valence-electron chi connectivity index (χ3n) is 12.6. The molecule has 5 nitrogen and oxygen atoms in total. The molecule has 4 heterocycles. The molecule has 0 aliphatic heterocycles. The zero-order valence-corrected chi connectivity index (χ0v) is 37.1. The van der Waals surface area contributed by atoms with Gasteiger partial charge in [0.25, 0.3) is 0 Å². The van der Waals surface area contributed by atoms with Crippen LogP contribution in [0.15, 0.2) is 237 Å². The Hall–Kier alpha value is -8.54. The highest BCUT2D eigenvalue weighted by molar-refractivity contribution is 5.95. The number of aryl methyl sites for hydroxylation is 4. The molecule has 0 spiro atoms. The number of pyridine rings is 3. The molecule has 0 radical (unpaired) electrons. The lowest BCUT2D eigenvalue weighted by molar-refractivity contribution is 0.901. The molecule has 5 heteroatoms. The number of benzene rings is 7. The molecule has 67 heavy (non-hydrogen) atoms. The smallest absolute Gasteiger partial charge is 0.0934 e. The fourth-order valence-corrected chi connectivity index (χ4v) is 9.12. The fraction of sp³-hybridized carbons (Fsp3) is 0.0645. The normalized spacial score (nSPS) is 11.2. The summed E-state index contributed by atoms with van der Waals surface area (Å²) in [6.45, 7) is 0. The van der Waals surface area contributed by atoms with Crippen LogP contribution in [0.1, 0.15) is 22.3 Å². The minimum atomic E-state index is 0.895. The van der Waals surface area contributed by atoms with Crippen molar-refractivity contribution in [1.82, 2.24) is 24.7 Å². The highest BCUT2D eigenvalue weighted by atomic mass is 15.3. The van der Waals surface area contributed by atoms with Crippen LogP contribution in [0.25, 0.3) is 83.9 Å². The fourth-order valence-electron chi connectivity index (χ4n) is 9.12. The molecule has 0 amide bonds. The van der Waals surface area contributed by atoms with Crippen molar-refractivity contribution >= 4 is 10.9 Å². The van der Waals surface area contributed by atoms with Crippen LogP contribution in [0.2, 0.25) is 0 Å². The summed E-state index contributed by atoms with van der Waals surface area (Å²) in [6, 6.07) is 77.8. The van der Waals surface area contributed by atoms with Gasteiger partial charge in [0.2, 0.25) is 0 Å². The monoisotopic (exact) mass is 861 g/mol. The number of hydrogen-bond acceptors (Lipinski definition) is 4. The first-order valence-corrected chi connectivity index (χ1v) is 23.0. The van der Waals surface area contributed by atoms with Gasteiger partial charge in [-0.25, -0.2) is 4.68 Å². The molecule has 0 atom stereocenters. The quantitative estimate of drug-likeness (QED) is 0.116. The van der Waals surface area contributed by atoms with E-state index in [4.69, 9.17) is 10.1 Å².